The predicted octanol–water partition coefficient (Wildman–Crippen LogP) is 3.51. The van der Waals surface area contributed by atoms with Gasteiger partial charge >= 0.3 is 0 Å². The van der Waals surface area contributed by atoms with Gasteiger partial charge in [-0.2, -0.15) is 0 Å². The van der Waals surface area contributed by atoms with Crippen LogP contribution in [0.4, 0.5) is 5.69 Å². The number of Topliss-reactive ketones (excluding diaryl/α,β-unsaturated/α-hetero) is 1. The fraction of sp³-hybridized carbons (Fsp3) is 0.188. The summed E-state index contributed by atoms with van der Waals surface area (Å²) in [5.41, 5.74) is 2.91. The number of ketones is 1. The van der Waals surface area contributed by atoms with Gasteiger partial charge in [-0.3, -0.25) is 4.79 Å². The van der Waals surface area contributed by atoms with Gasteiger partial charge < -0.3 is 10.1 Å². The third-order valence-corrected chi connectivity index (χ3v) is 2.95. The largest absolute Gasteiger partial charge is 0.497 e. The SMILES string of the molecule is COc1ccc(CNc2ccc(C(C)=O)cc2)cc1. The highest BCUT2D eigenvalue weighted by Gasteiger charge is 1.99. The van der Waals surface area contributed by atoms with Crippen molar-refractivity contribution in [2.45, 2.75) is 13.5 Å². The number of nitrogens with one attached hydrogen (secondary N) is 1. The predicted molar refractivity (Wildman–Crippen MR) is 76.8 cm³/mol. The number of anilines is 1. The summed E-state index contributed by atoms with van der Waals surface area (Å²) in [5, 5.41) is 3.31. The molecular formula is C16H17NO2. The van der Waals surface area contributed by atoms with Gasteiger partial charge in [0.2, 0.25) is 0 Å². The van der Waals surface area contributed by atoms with E-state index in [9.17, 15) is 4.79 Å². The van der Waals surface area contributed by atoms with E-state index in [0.717, 1.165) is 23.5 Å². The summed E-state index contributed by atoms with van der Waals surface area (Å²) in [4.78, 5) is 11.2. The van der Waals surface area contributed by atoms with Crippen LogP contribution in [0.2, 0.25) is 0 Å². The molecule has 0 aliphatic carbocycles. The number of hydrogen-bond acceptors (Lipinski definition) is 3. The summed E-state index contributed by atoms with van der Waals surface area (Å²) in [6.07, 6.45) is 0. The van der Waals surface area contributed by atoms with Gasteiger partial charge in [0.05, 0.1) is 7.11 Å². The summed E-state index contributed by atoms with van der Waals surface area (Å²) < 4.78 is 5.12. The lowest BCUT2D eigenvalue weighted by atomic mass is 10.1. The lowest BCUT2D eigenvalue weighted by Crippen LogP contribution is -2.00. The molecule has 0 spiro atoms. The van der Waals surface area contributed by atoms with Crippen LogP contribution in [0.3, 0.4) is 0 Å². The highest BCUT2D eigenvalue weighted by molar-refractivity contribution is 5.94. The van der Waals surface area contributed by atoms with E-state index in [1.807, 2.05) is 48.5 Å². The van der Waals surface area contributed by atoms with E-state index in [1.165, 1.54) is 5.56 Å². The van der Waals surface area contributed by atoms with E-state index in [4.69, 9.17) is 4.74 Å². The molecule has 0 amide bonds. The van der Waals surface area contributed by atoms with Gasteiger partial charge in [0.15, 0.2) is 5.78 Å². The second kappa shape index (κ2) is 6.05. The summed E-state index contributed by atoms with van der Waals surface area (Å²) >= 11 is 0. The lowest BCUT2D eigenvalue weighted by Gasteiger charge is -2.07. The van der Waals surface area contributed by atoms with E-state index in [0.29, 0.717) is 0 Å². The van der Waals surface area contributed by atoms with Crippen LogP contribution in [0.5, 0.6) is 5.75 Å². The molecule has 3 nitrogen and oxygen atoms in total. The van der Waals surface area contributed by atoms with Gasteiger partial charge in [0.25, 0.3) is 0 Å². The first-order chi connectivity index (χ1) is 9.19. The Hall–Kier alpha value is -2.29. The van der Waals surface area contributed by atoms with Crippen LogP contribution < -0.4 is 10.1 Å². The van der Waals surface area contributed by atoms with Crippen molar-refractivity contribution in [1.29, 1.82) is 0 Å². The summed E-state index contributed by atoms with van der Waals surface area (Å²) in [6, 6.07) is 15.4. The minimum atomic E-state index is 0.0849. The Morgan fingerprint density at radius 2 is 1.68 bits per heavy atom. The number of rotatable bonds is 5. The van der Waals surface area contributed by atoms with Gasteiger partial charge in [0, 0.05) is 17.8 Å². The maximum Gasteiger partial charge on any atom is 0.159 e. The Balaban J connectivity index is 1.95. The van der Waals surface area contributed by atoms with Crippen molar-refractivity contribution in [3.63, 3.8) is 0 Å². The third kappa shape index (κ3) is 3.58. The summed E-state index contributed by atoms with van der Waals surface area (Å²) in [6.45, 7) is 2.31. The van der Waals surface area contributed by atoms with Crippen LogP contribution in [0, 0.1) is 0 Å². The number of ether oxygens (including phenoxy) is 1. The Bertz CT molecular complexity index is 544. The second-order valence-electron chi connectivity index (χ2n) is 4.34. The number of carbonyl (C=O) groups excluding carboxylic acids is 1. The monoisotopic (exact) mass is 255 g/mol. The van der Waals surface area contributed by atoms with Crippen molar-refractivity contribution in [1.82, 2.24) is 0 Å². The molecule has 0 fully saturated rings. The molecule has 0 aromatic heterocycles. The quantitative estimate of drug-likeness (QED) is 0.831. The number of carbonyl (C=O) groups is 1. The van der Waals surface area contributed by atoms with Crippen molar-refractivity contribution in [2.24, 2.45) is 0 Å². The molecule has 0 bridgehead atoms. The van der Waals surface area contributed by atoms with Crippen molar-refractivity contribution >= 4 is 11.5 Å². The Morgan fingerprint density at radius 3 is 2.21 bits per heavy atom. The standard InChI is InChI=1S/C16H17NO2/c1-12(18)14-5-7-15(8-6-14)17-11-13-3-9-16(19-2)10-4-13/h3-10,17H,11H2,1-2H3. The van der Waals surface area contributed by atoms with Gasteiger partial charge in [-0.05, 0) is 48.9 Å². The van der Waals surface area contributed by atoms with Crippen LogP contribution >= 0.6 is 0 Å². The molecule has 0 atom stereocenters. The summed E-state index contributed by atoms with van der Waals surface area (Å²) in [5.74, 6) is 0.941. The van der Waals surface area contributed by atoms with E-state index in [2.05, 4.69) is 5.32 Å². The zero-order valence-corrected chi connectivity index (χ0v) is 11.1. The zero-order valence-electron chi connectivity index (χ0n) is 11.1. The van der Waals surface area contributed by atoms with E-state index in [1.54, 1.807) is 14.0 Å². The van der Waals surface area contributed by atoms with Crippen LogP contribution in [0.25, 0.3) is 0 Å². The topological polar surface area (TPSA) is 38.3 Å². The Kier molecular flexibility index (Phi) is 4.18. The van der Waals surface area contributed by atoms with Crippen LogP contribution in [-0.4, -0.2) is 12.9 Å². The molecule has 2 aromatic carbocycles. The van der Waals surface area contributed by atoms with E-state index < -0.39 is 0 Å². The maximum absolute atomic E-state index is 11.2. The number of benzene rings is 2. The molecule has 2 aromatic rings. The molecule has 98 valence electrons. The Morgan fingerprint density at radius 1 is 1.05 bits per heavy atom. The molecule has 0 aliphatic heterocycles. The van der Waals surface area contributed by atoms with Gasteiger partial charge in [0.1, 0.15) is 5.75 Å². The molecule has 19 heavy (non-hydrogen) atoms. The van der Waals surface area contributed by atoms with Gasteiger partial charge in [-0.1, -0.05) is 12.1 Å². The lowest BCUT2D eigenvalue weighted by molar-refractivity contribution is 0.101. The van der Waals surface area contributed by atoms with Crippen molar-refractivity contribution < 1.29 is 9.53 Å². The zero-order chi connectivity index (χ0) is 13.7. The number of methoxy groups -OCH3 is 1. The molecular weight excluding hydrogens is 238 g/mol. The van der Waals surface area contributed by atoms with Crippen LogP contribution in [0.15, 0.2) is 48.5 Å². The van der Waals surface area contributed by atoms with Gasteiger partial charge in [-0.25, -0.2) is 0 Å². The summed E-state index contributed by atoms with van der Waals surface area (Å²) in [7, 11) is 1.66. The fourth-order valence-electron chi connectivity index (χ4n) is 1.77. The van der Waals surface area contributed by atoms with E-state index >= 15 is 0 Å². The molecule has 0 heterocycles. The minimum Gasteiger partial charge on any atom is -0.497 e. The first kappa shape index (κ1) is 13.1. The van der Waals surface area contributed by atoms with E-state index in [-0.39, 0.29) is 5.78 Å². The highest BCUT2D eigenvalue weighted by atomic mass is 16.5. The molecule has 0 unspecified atom stereocenters. The molecule has 0 radical (unpaired) electrons. The first-order valence-corrected chi connectivity index (χ1v) is 6.17. The maximum atomic E-state index is 11.2. The molecule has 3 heteroatoms. The van der Waals surface area contributed by atoms with Gasteiger partial charge in [-0.15, -0.1) is 0 Å². The highest BCUT2D eigenvalue weighted by Crippen LogP contribution is 2.14. The molecule has 0 saturated heterocycles. The second-order valence-corrected chi connectivity index (χ2v) is 4.34. The molecule has 0 aliphatic rings. The fourth-order valence-corrected chi connectivity index (χ4v) is 1.77. The Labute approximate surface area is 113 Å². The smallest absolute Gasteiger partial charge is 0.159 e. The minimum absolute atomic E-state index is 0.0849. The average Bonchev–Trinajstić information content (AvgIpc) is 2.46. The molecule has 0 saturated carbocycles. The first-order valence-electron chi connectivity index (χ1n) is 6.17. The molecule has 1 N–H and O–H groups in total. The van der Waals surface area contributed by atoms with Crippen molar-refractivity contribution in [3.8, 4) is 5.75 Å². The van der Waals surface area contributed by atoms with Crippen LogP contribution in [0.1, 0.15) is 22.8 Å². The number of hydrogen-bond donors (Lipinski definition) is 1. The van der Waals surface area contributed by atoms with Crippen molar-refractivity contribution in [3.05, 3.63) is 59.7 Å². The van der Waals surface area contributed by atoms with Crippen LogP contribution in [-0.2, 0) is 6.54 Å². The average molecular weight is 255 g/mol. The van der Waals surface area contributed by atoms with Crippen molar-refractivity contribution in [2.75, 3.05) is 12.4 Å². The normalized spacial score (nSPS) is 10.0. The molecule has 2 rings (SSSR count). The third-order valence-electron chi connectivity index (χ3n) is 2.95.